The van der Waals surface area contributed by atoms with Crippen LogP contribution in [0.4, 0.5) is 5.69 Å². The van der Waals surface area contributed by atoms with Crippen molar-refractivity contribution in [2.45, 2.75) is 32.2 Å². The lowest BCUT2D eigenvalue weighted by Gasteiger charge is -2.43. The van der Waals surface area contributed by atoms with Crippen molar-refractivity contribution < 1.29 is 29.0 Å². The third kappa shape index (κ3) is 3.72. The number of carbonyl (C=O) groups is 3. The highest BCUT2D eigenvalue weighted by Crippen LogP contribution is 2.52. The quantitative estimate of drug-likeness (QED) is 0.300. The summed E-state index contributed by atoms with van der Waals surface area (Å²) in [6.07, 6.45) is 4.49. The molecule has 2 heterocycles. The summed E-state index contributed by atoms with van der Waals surface area (Å²) in [5.41, 5.74) is 8.11. The third-order valence-corrected chi connectivity index (χ3v) is 8.79. The second kappa shape index (κ2) is 9.08. The molecule has 1 saturated heterocycles. The summed E-state index contributed by atoms with van der Waals surface area (Å²) in [5, 5.41) is 22.4. The molecule has 0 spiro atoms. The Morgan fingerprint density at radius 2 is 1.97 bits per heavy atom. The Bertz CT molecular complexity index is 1510. The summed E-state index contributed by atoms with van der Waals surface area (Å²) >= 11 is 0. The number of rotatable bonds is 5. The lowest BCUT2D eigenvalue weighted by Crippen LogP contribution is -2.49. The molecule has 4 aliphatic rings. The molecule has 1 aliphatic heterocycles. The van der Waals surface area contributed by atoms with Gasteiger partial charge in [-0.2, -0.15) is 0 Å². The zero-order valence-corrected chi connectivity index (χ0v) is 22.1. The van der Waals surface area contributed by atoms with Gasteiger partial charge in [-0.3, -0.25) is 19.3 Å². The molecule has 2 fully saturated rings. The average molecular weight is 533 g/mol. The van der Waals surface area contributed by atoms with Gasteiger partial charge in [0.1, 0.15) is 22.6 Å². The van der Waals surface area contributed by atoms with Crippen LogP contribution in [0.3, 0.4) is 0 Å². The number of anilines is 1. The summed E-state index contributed by atoms with van der Waals surface area (Å²) in [7, 11) is 3.82. The number of Topliss-reactive ketones (excluding diaryl/α,β-unsaturated/α-hetero) is 2. The highest BCUT2D eigenvalue weighted by Gasteiger charge is 2.54. The number of allylic oxidation sites excluding steroid dienone is 2. The second-order valence-electron chi connectivity index (χ2n) is 11.2. The normalized spacial score (nSPS) is 27.0. The van der Waals surface area contributed by atoms with Crippen LogP contribution in [0.1, 0.15) is 36.3 Å². The van der Waals surface area contributed by atoms with Crippen molar-refractivity contribution in [3.8, 4) is 0 Å². The van der Waals surface area contributed by atoms with Gasteiger partial charge in [-0.15, -0.1) is 6.58 Å². The number of hydrogen-bond donors (Lipinski definition) is 3. The second-order valence-corrected chi connectivity index (χ2v) is 11.2. The van der Waals surface area contributed by atoms with Gasteiger partial charge in [0.05, 0.1) is 18.0 Å². The number of nitrogens with zero attached hydrogens (tertiary/aromatic N) is 3. The SMILES string of the molecule is C=CC1C(O)=C(C(N)=O)C(=O)C2C(=O)C3=C(O)c4c(c(N(C)C)cc5nc(CN6CCCC6)oc45)CC3CC12. The molecule has 1 aromatic carbocycles. The molecule has 1 aromatic heterocycles. The Hall–Kier alpha value is -3.92. The number of aromatic nitrogens is 1. The summed E-state index contributed by atoms with van der Waals surface area (Å²) in [6.45, 7) is 6.29. The number of carbonyl (C=O) groups excluding carboxylic acids is 3. The Labute approximate surface area is 225 Å². The average Bonchev–Trinajstić information content (AvgIpc) is 3.52. The van der Waals surface area contributed by atoms with E-state index in [0.717, 1.165) is 37.2 Å². The van der Waals surface area contributed by atoms with Crippen LogP contribution < -0.4 is 10.6 Å². The lowest BCUT2D eigenvalue weighted by molar-refractivity contribution is -0.136. The van der Waals surface area contributed by atoms with Crippen molar-refractivity contribution >= 4 is 40.0 Å². The summed E-state index contributed by atoms with van der Waals surface area (Å²) in [4.78, 5) is 48.3. The van der Waals surface area contributed by atoms with Gasteiger partial charge in [-0.1, -0.05) is 6.08 Å². The lowest BCUT2D eigenvalue weighted by atomic mass is 9.58. The number of aliphatic hydroxyl groups is 2. The molecule has 10 heteroatoms. The van der Waals surface area contributed by atoms with Crippen LogP contribution in [0, 0.1) is 23.7 Å². The number of aliphatic hydroxyl groups excluding tert-OH is 2. The maximum atomic E-state index is 14.0. The smallest absolute Gasteiger partial charge is 0.255 e. The van der Waals surface area contributed by atoms with Gasteiger partial charge in [-0.25, -0.2) is 4.98 Å². The largest absolute Gasteiger partial charge is 0.511 e. The molecule has 3 aliphatic carbocycles. The topological polar surface area (TPSA) is 150 Å². The molecule has 204 valence electrons. The minimum absolute atomic E-state index is 0.153. The van der Waals surface area contributed by atoms with Crippen LogP contribution in [0.25, 0.3) is 16.9 Å². The molecular formula is C29H32N4O6. The molecule has 0 radical (unpaired) electrons. The molecule has 0 bridgehead atoms. The van der Waals surface area contributed by atoms with E-state index >= 15 is 0 Å². The summed E-state index contributed by atoms with van der Waals surface area (Å²) in [6, 6.07) is 1.95. The number of amides is 1. The van der Waals surface area contributed by atoms with E-state index in [1.165, 1.54) is 6.08 Å². The van der Waals surface area contributed by atoms with E-state index in [1.54, 1.807) is 0 Å². The first-order valence-corrected chi connectivity index (χ1v) is 13.3. The van der Waals surface area contributed by atoms with Gasteiger partial charge in [0.2, 0.25) is 5.89 Å². The predicted molar refractivity (Wildman–Crippen MR) is 144 cm³/mol. The molecule has 4 atom stereocenters. The van der Waals surface area contributed by atoms with Gasteiger partial charge >= 0.3 is 0 Å². The first-order valence-electron chi connectivity index (χ1n) is 13.3. The standard InChI is InChI=1S/C29H32N4O6/c1-4-14-15-9-13-10-16-18(32(2)3)11-17-28(39-19(31-17)12-33-7-5-6-8-33)22(16)26(36)20(13)25(35)21(15)27(37)23(24(14)34)29(30)38/h4,11,13-15,21,34,36H,1,5-10,12H2,2-3H3,(H2,30,38). The molecule has 1 amide bonds. The third-order valence-electron chi connectivity index (χ3n) is 8.79. The Morgan fingerprint density at radius 1 is 1.26 bits per heavy atom. The number of benzene rings is 1. The van der Waals surface area contributed by atoms with E-state index in [9.17, 15) is 24.6 Å². The van der Waals surface area contributed by atoms with Crippen LogP contribution in [-0.4, -0.2) is 64.8 Å². The first kappa shape index (κ1) is 25.4. The molecule has 2 aromatic rings. The number of nitrogens with two attached hydrogens (primary N) is 1. The van der Waals surface area contributed by atoms with Crippen LogP contribution >= 0.6 is 0 Å². The van der Waals surface area contributed by atoms with Crippen LogP contribution in [-0.2, 0) is 27.3 Å². The van der Waals surface area contributed by atoms with E-state index in [-0.39, 0.29) is 11.3 Å². The predicted octanol–water partition coefficient (Wildman–Crippen LogP) is 2.82. The number of likely N-dealkylation sites (tertiary alicyclic amines) is 1. The monoisotopic (exact) mass is 532 g/mol. The molecule has 10 nitrogen and oxygen atoms in total. The molecule has 39 heavy (non-hydrogen) atoms. The maximum Gasteiger partial charge on any atom is 0.255 e. The van der Waals surface area contributed by atoms with Gasteiger partial charge in [0.15, 0.2) is 17.1 Å². The number of hydrogen-bond acceptors (Lipinski definition) is 9. The van der Waals surface area contributed by atoms with E-state index in [4.69, 9.17) is 15.1 Å². The van der Waals surface area contributed by atoms with Crippen molar-refractivity contribution in [3.63, 3.8) is 0 Å². The molecule has 1 saturated carbocycles. The van der Waals surface area contributed by atoms with Crippen molar-refractivity contribution in [2.75, 3.05) is 32.1 Å². The van der Waals surface area contributed by atoms with Gasteiger partial charge in [-0.05, 0) is 62.2 Å². The maximum absolute atomic E-state index is 14.0. The fraction of sp³-hybridized carbons (Fsp3) is 0.448. The van der Waals surface area contributed by atoms with Gasteiger partial charge in [0, 0.05) is 31.3 Å². The number of fused-ring (bicyclic) bond motifs is 5. The van der Waals surface area contributed by atoms with Crippen LogP contribution in [0.2, 0.25) is 0 Å². The minimum atomic E-state index is -1.24. The minimum Gasteiger partial charge on any atom is -0.511 e. The van der Waals surface area contributed by atoms with Crippen molar-refractivity contribution in [1.82, 2.24) is 9.88 Å². The van der Waals surface area contributed by atoms with Crippen LogP contribution in [0.5, 0.6) is 0 Å². The number of oxazole rings is 1. The number of primary amides is 1. The zero-order valence-electron chi connectivity index (χ0n) is 22.1. The fourth-order valence-corrected chi connectivity index (χ4v) is 7.07. The number of ketones is 2. The highest BCUT2D eigenvalue weighted by molar-refractivity contribution is 6.28. The van der Waals surface area contributed by atoms with Gasteiger partial charge in [0.25, 0.3) is 5.91 Å². The van der Waals surface area contributed by atoms with Gasteiger partial charge < -0.3 is 25.3 Å². The molecule has 4 N–H and O–H groups in total. The van der Waals surface area contributed by atoms with Crippen molar-refractivity contribution in [3.05, 3.63) is 52.6 Å². The highest BCUT2D eigenvalue weighted by atomic mass is 16.4. The molecule has 4 unspecified atom stereocenters. The summed E-state index contributed by atoms with van der Waals surface area (Å²) < 4.78 is 6.21. The van der Waals surface area contributed by atoms with E-state index in [1.807, 2.05) is 25.1 Å². The Morgan fingerprint density at radius 3 is 2.62 bits per heavy atom. The molecule has 6 rings (SSSR count). The zero-order chi connectivity index (χ0) is 27.7. The molecular weight excluding hydrogens is 500 g/mol. The Kier molecular flexibility index (Phi) is 5.91. The van der Waals surface area contributed by atoms with E-state index in [0.29, 0.717) is 41.9 Å². The fourth-order valence-electron chi connectivity index (χ4n) is 7.07. The van der Waals surface area contributed by atoms with E-state index < -0.39 is 52.5 Å². The van der Waals surface area contributed by atoms with Crippen LogP contribution in [0.15, 0.2) is 40.0 Å². The van der Waals surface area contributed by atoms with Crippen molar-refractivity contribution in [1.29, 1.82) is 0 Å². The van der Waals surface area contributed by atoms with E-state index in [2.05, 4.69) is 11.5 Å². The summed E-state index contributed by atoms with van der Waals surface area (Å²) in [5.74, 6) is -5.57. The Balaban J connectivity index is 1.50. The first-order chi connectivity index (χ1) is 18.6. The van der Waals surface area contributed by atoms with Crippen molar-refractivity contribution in [2.24, 2.45) is 29.4 Å².